The van der Waals surface area contributed by atoms with Crippen molar-refractivity contribution in [3.8, 4) is 22.3 Å². The summed E-state index contributed by atoms with van der Waals surface area (Å²) in [6.07, 6.45) is 0. The summed E-state index contributed by atoms with van der Waals surface area (Å²) < 4.78 is 1.67. The molecule has 0 saturated heterocycles. The van der Waals surface area contributed by atoms with Gasteiger partial charge in [-0.05, 0) is 23.3 Å². The standard InChI is InChI=1S/2C19H21N.C2H6Si.2ClH.Zr/c2*1-14-11-15-8-6-10-18(19(15)12-14)16-7-5-9-17(13-16)20(2,3)4;1-3-2;;;/h2*5-13H,1-4H3;1-2H3;2*1H;/q;;;;;+4/p-2. The van der Waals surface area contributed by atoms with E-state index in [0.29, 0.717) is 0 Å². The summed E-state index contributed by atoms with van der Waals surface area (Å²) in [4.78, 5) is 0. The maximum atomic E-state index is 4.93. The molecule has 0 aliphatic heterocycles. The fraction of sp³-hybridized carbons (Fsp3) is 0.250. The van der Waals surface area contributed by atoms with E-state index in [0.717, 1.165) is 18.5 Å². The van der Waals surface area contributed by atoms with E-state index < -0.39 is 20.8 Å². The minimum atomic E-state index is -0.826. The van der Waals surface area contributed by atoms with Crippen LogP contribution >= 0.6 is 17.0 Å². The normalized spacial score (nSPS) is 11.0. The van der Waals surface area contributed by atoms with Gasteiger partial charge in [-0.25, -0.2) is 0 Å². The molecule has 6 heteroatoms. The number of nitrogens with zero attached hydrogens (tertiary/aromatic N) is 2. The summed E-state index contributed by atoms with van der Waals surface area (Å²) in [6.45, 7) is 8.62. The minimum absolute atomic E-state index is 0.826. The van der Waals surface area contributed by atoms with Crippen LogP contribution in [-0.2, 0) is 20.8 Å². The quantitative estimate of drug-likeness (QED) is 0.0957. The molecule has 46 heavy (non-hydrogen) atoms. The van der Waals surface area contributed by atoms with Crippen molar-refractivity contribution in [2.75, 3.05) is 42.3 Å². The summed E-state index contributed by atoms with van der Waals surface area (Å²) >= 11 is -0.826. The van der Waals surface area contributed by atoms with Crippen molar-refractivity contribution in [2.24, 2.45) is 0 Å². The molecule has 0 spiro atoms. The van der Waals surface area contributed by atoms with Crippen molar-refractivity contribution in [3.63, 3.8) is 0 Å². The molecule has 0 aromatic heterocycles. The zero-order chi connectivity index (χ0) is 34.1. The first-order chi connectivity index (χ1) is 21.7. The van der Waals surface area contributed by atoms with Gasteiger partial charge in [0.1, 0.15) is 11.4 Å². The molecular formula is C40H48Cl2N2SiZr+2. The molecule has 6 aromatic rings. The number of hydrogen-bond donors (Lipinski definition) is 0. The van der Waals surface area contributed by atoms with Crippen LogP contribution in [0.2, 0.25) is 13.1 Å². The van der Waals surface area contributed by atoms with E-state index >= 15 is 0 Å². The average molecular weight is 747 g/mol. The Hall–Kier alpha value is -2.30. The van der Waals surface area contributed by atoms with E-state index in [4.69, 9.17) is 17.0 Å². The molecule has 0 atom stereocenters. The SMILES string of the molecule is C[Si]C.Cc1cc2c(-c3cccc([N+](C)(C)C)c3)cccc2[cH-]1.Cc1cc2c(-c3cccc([N+](C)(C)C)c3)cccc2[cH-]1.[Cl][Zr+2][Cl]. The molecule has 0 N–H and O–H groups in total. The Morgan fingerprint density at radius 1 is 0.543 bits per heavy atom. The molecule has 238 valence electrons. The van der Waals surface area contributed by atoms with Crippen LogP contribution in [0.25, 0.3) is 43.8 Å². The zero-order valence-electron chi connectivity index (χ0n) is 29.0. The van der Waals surface area contributed by atoms with Crippen LogP contribution in [0.5, 0.6) is 0 Å². The second kappa shape index (κ2) is 17.2. The fourth-order valence-corrected chi connectivity index (χ4v) is 5.45. The summed E-state index contributed by atoms with van der Waals surface area (Å²) in [6, 6.07) is 39.9. The molecule has 2 radical (unpaired) electrons. The van der Waals surface area contributed by atoms with E-state index in [-0.39, 0.29) is 0 Å². The monoisotopic (exact) mass is 744 g/mol. The van der Waals surface area contributed by atoms with E-state index in [9.17, 15) is 0 Å². The molecule has 6 aromatic carbocycles. The summed E-state index contributed by atoms with van der Waals surface area (Å²) in [5.41, 5.74) is 10.5. The van der Waals surface area contributed by atoms with Gasteiger partial charge in [0.2, 0.25) is 0 Å². The Morgan fingerprint density at radius 2 is 0.870 bits per heavy atom. The number of quaternary nitrogens is 2. The van der Waals surface area contributed by atoms with Gasteiger partial charge >= 0.3 is 37.9 Å². The molecule has 0 unspecified atom stereocenters. The number of aryl methyl sites for hydroxylation is 2. The third kappa shape index (κ3) is 10.3. The van der Waals surface area contributed by atoms with Gasteiger partial charge in [0.15, 0.2) is 0 Å². The predicted octanol–water partition coefficient (Wildman–Crippen LogP) is 11.6. The zero-order valence-corrected chi connectivity index (χ0v) is 34.0. The first-order valence-electron chi connectivity index (χ1n) is 15.4. The molecule has 0 fully saturated rings. The van der Waals surface area contributed by atoms with Gasteiger partial charge in [0.25, 0.3) is 0 Å². The fourth-order valence-electron chi connectivity index (χ4n) is 5.45. The van der Waals surface area contributed by atoms with Crippen LogP contribution in [0.3, 0.4) is 0 Å². The Kier molecular flexibility index (Phi) is 14.3. The molecule has 0 heterocycles. The second-order valence-corrected chi connectivity index (χ2v) is 18.1. The number of rotatable bonds is 4. The van der Waals surface area contributed by atoms with Crippen molar-refractivity contribution >= 4 is 59.5 Å². The maximum absolute atomic E-state index is 4.93. The number of halogens is 2. The van der Waals surface area contributed by atoms with Gasteiger partial charge in [-0.2, -0.15) is 12.1 Å². The summed E-state index contributed by atoms with van der Waals surface area (Å²) in [7, 11) is 24.2. The van der Waals surface area contributed by atoms with Crippen LogP contribution in [-0.4, -0.2) is 51.8 Å². The molecular weight excluding hydrogens is 699 g/mol. The van der Waals surface area contributed by atoms with Crippen molar-refractivity contribution in [2.45, 2.75) is 26.9 Å². The molecule has 0 bridgehead atoms. The van der Waals surface area contributed by atoms with Crippen LogP contribution in [0.15, 0.2) is 109 Å². The number of benzene rings is 4. The average Bonchev–Trinajstić information content (AvgIpc) is 3.58. The Balaban J connectivity index is 0.000000214. The first-order valence-corrected chi connectivity index (χ1v) is 23.8. The van der Waals surface area contributed by atoms with Crippen LogP contribution in [0.1, 0.15) is 11.1 Å². The van der Waals surface area contributed by atoms with Crippen molar-refractivity contribution in [1.82, 2.24) is 8.97 Å². The Bertz CT molecular complexity index is 1700. The van der Waals surface area contributed by atoms with Crippen LogP contribution in [0.4, 0.5) is 11.4 Å². The topological polar surface area (TPSA) is 0 Å². The van der Waals surface area contributed by atoms with E-state index in [1.165, 1.54) is 66.3 Å². The molecule has 0 saturated carbocycles. The van der Waals surface area contributed by atoms with Crippen molar-refractivity contribution < 1.29 is 20.8 Å². The molecule has 0 amide bonds. The molecule has 6 rings (SSSR count). The predicted molar refractivity (Wildman–Crippen MR) is 208 cm³/mol. The summed E-state index contributed by atoms with van der Waals surface area (Å²) in [5.74, 6) is 0. The third-order valence-corrected chi connectivity index (χ3v) is 7.65. The van der Waals surface area contributed by atoms with E-state index in [1.807, 2.05) is 0 Å². The summed E-state index contributed by atoms with van der Waals surface area (Å²) in [5, 5.41) is 5.36. The van der Waals surface area contributed by atoms with E-state index in [1.54, 1.807) is 0 Å². The van der Waals surface area contributed by atoms with Crippen molar-refractivity contribution in [1.29, 1.82) is 0 Å². The number of hydrogen-bond acceptors (Lipinski definition) is 0. The molecule has 0 aliphatic rings. The van der Waals surface area contributed by atoms with Gasteiger partial charge < -0.3 is 0 Å². The Morgan fingerprint density at radius 3 is 1.20 bits per heavy atom. The number of fused-ring (bicyclic) bond motifs is 2. The second-order valence-electron chi connectivity index (χ2n) is 13.4. The molecule has 2 nitrogen and oxygen atoms in total. The van der Waals surface area contributed by atoms with Gasteiger partial charge in [-0.1, -0.05) is 74.5 Å². The first kappa shape index (κ1) is 38.2. The van der Waals surface area contributed by atoms with E-state index in [2.05, 4.69) is 178 Å². The van der Waals surface area contributed by atoms with Gasteiger partial charge in [0.05, 0.1) is 42.3 Å². The van der Waals surface area contributed by atoms with Gasteiger partial charge in [-0.15, -0.1) is 69.1 Å². The van der Waals surface area contributed by atoms with Crippen molar-refractivity contribution in [3.05, 3.63) is 120 Å². The Labute approximate surface area is 299 Å². The third-order valence-electron chi connectivity index (χ3n) is 7.65. The van der Waals surface area contributed by atoms with Gasteiger partial charge in [0, 0.05) is 21.7 Å². The molecule has 0 aliphatic carbocycles. The van der Waals surface area contributed by atoms with Crippen LogP contribution < -0.4 is 8.97 Å². The van der Waals surface area contributed by atoms with Gasteiger partial charge in [-0.3, -0.25) is 8.97 Å². The van der Waals surface area contributed by atoms with Crippen LogP contribution in [0, 0.1) is 13.8 Å².